The van der Waals surface area contributed by atoms with Gasteiger partial charge in [-0.2, -0.15) is 0 Å². The summed E-state index contributed by atoms with van der Waals surface area (Å²) in [6, 6.07) is 0.603. The molecule has 0 amide bonds. The van der Waals surface area contributed by atoms with Gasteiger partial charge in [0.05, 0.1) is 0 Å². The third kappa shape index (κ3) is 5.39. The molecule has 0 rings (SSSR count). The molecule has 0 aromatic carbocycles. The fraction of sp³-hybridized carbons (Fsp3) is 0.750. The van der Waals surface area contributed by atoms with E-state index in [1.807, 2.05) is 14.0 Å². The van der Waals surface area contributed by atoms with E-state index in [0.29, 0.717) is 6.04 Å². The van der Waals surface area contributed by atoms with E-state index in [0.717, 1.165) is 12.8 Å². The Labute approximate surface area is 57.8 Å². The maximum atomic E-state index is 3.16. The Morgan fingerprint density at radius 3 is 2.67 bits per heavy atom. The van der Waals surface area contributed by atoms with Crippen LogP contribution in [0.1, 0.15) is 26.7 Å². The van der Waals surface area contributed by atoms with Gasteiger partial charge >= 0.3 is 0 Å². The molecule has 0 fully saturated rings. The molecule has 52 valence electrons. The molecule has 0 aromatic heterocycles. The minimum atomic E-state index is 0.603. The molecule has 0 spiro atoms. The topological polar surface area (TPSA) is 12.0 Å². The smallest absolute Gasteiger partial charge is 0.0103 e. The summed E-state index contributed by atoms with van der Waals surface area (Å²) in [6.07, 6.45) is 2.16. The minimum Gasteiger partial charge on any atom is -0.317 e. The highest BCUT2D eigenvalue weighted by Crippen LogP contribution is 1.92. The zero-order valence-electron chi connectivity index (χ0n) is 6.49. The maximum Gasteiger partial charge on any atom is 0.0103 e. The van der Waals surface area contributed by atoms with Gasteiger partial charge in [-0.3, -0.25) is 0 Å². The Kier molecular flexibility index (Phi) is 5.35. The van der Waals surface area contributed by atoms with Crippen molar-refractivity contribution in [1.82, 2.24) is 5.32 Å². The van der Waals surface area contributed by atoms with Gasteiger partial charge in [-0.1, -0.05) is 0 Å². The minimum absolute atomic E-state index is 0.603. The maximum absolute atomic E-state index is 3.16. The van der Waals surface area contributed by atoms with Gasteiger partial charge in [0, 0.05) is 12.5 Å². The van der Waals surface area contributed by atoms with Crippen LogP contribution < -0.4 is 5.32 Å². The Morgan fingerprint density at radius 1 is 1.56 bits per heavy atom. The van der Waals surface area contributed by atoms with Gasteiger partial charge in [0.15, 0.2) is 0 Å². The van der Waals surface area contributed by atoms with Crippen LogP contribution in [0.3, 0.4) is 0 Å². The van der Waals surface area contributed by atoms with Crippen molar-refractivity contribution in [2.75, 3.05) is 7.05 Å². The molecule has 0 aliphatic heterocycles. The largest absolute Gasteiger partial charge is 0.317 e. The molecule has 0 aliphatic carbocycles. The lowest BCUT2D eigenvalue weighted by atomic mass is 10.2. The van der Waals surface area contributed by atoms with E-state index in [2.05, 4.69) is 24.1 Å². The van der Waals surface area contributed by atoms with Crippen molar-refractivity contribution in [2.45, 2.75) is 32.7 Å². The van der Waals surface area contributed by atoms with Crippen molar-refractivity contribution >= 4 is 0 Å². The van der Waals surface area contributed by atoms with Crippen molar-refractivity contribution in [2.24, 2.45) is 0 Å². The predicted octanol–water partition coefficient (Wildman–Crippen LogP) is 1.40. The van der Waals surface area contributed by atoms with E-state index in [4.69, 9.17) is 0 Å². The molecule has 1 unspecified atom stereocenters. The van der Waals surface area contributed by atoms with E-state index >= 15 is 0 Å². The number of rotatable bonds is 3. The Hall–Kier alpha value is -0.480. The van der Waals surface area contributed by atoms with E-state index in [1.165, 1.54) is 0 Å². The highest BCUT2D eigenvalue weighted by Gasteiger charge is 1.92. The molecule has 1 atom stereocenters. The highest BCUT2D eigenvalue weighted by molar-refractivity contribution is 4.95. The van der Waals surface area contributed by atoms with Crippen LogP contribution in [-0.4, -0.2) is 13.1 Å². The fourth-order valence-electron chi connectivity index (χ4n) is 0.558. The van der Waals surface area contributed by atoms with E-state index < -0.39 is 0 Å². The van der Waals surface area contributed by atoms with Gasteiger partial charge in [-0.05, 0) is 27.3 Å². The summed E-state index contributed by atoms with van der Waals surface area (Å²) in [6.45, 7) is 4.04. The first-order valence-electron chi connectivity index (χ1n) is 3.38. The molecule has 0 aromatic rings. The van der Waals surface area contributed by atoms with Crippen LogP contribution in [0.2, 0.25) is 0 Å². The molecule has 1 nitrogen and oxygen atoms in total. The molecular weight excluding hydrogens is 110 g/mol. The molecule has 0 heterocycles. The summed E-state index contributed by atoms with van der Waals surface area (Å²) >= 11 is 0. The third-order valence-corrected chi connectivity index (χ3v) is 1.37. The zero-order chi connectivity index (χ0) is 7.11. The number of hydrogen-bond acceptors (Lipinski definition) is 1. The second-order valence-corrected chi connectivity index (χ2v) is 2.16. The van der Waals surface area contributed by atoms with Crippen molar-refractivity contribution < 1.29 is 0 Å². The summed E-state index contributed by atoms with van der Waals surface area (Å²) in [7, 11) is 1.98. The molecule has 0 saturated heterocycles. The summed E-state index contributed by atoms with van der Waals surface area (Å²) in [5.74, 6) is 5.89. The van der Waals surface area contributed by atoms with E-state index in [9.17, 15) is 0 Å². The number of hydrogen-bond donors (Lipinski definition) is 1. The van der Waals surface area contributed by atoms with Crippen molar-refractivity contribution in [1.29, 1.82) is 0 Å². The van der Waals surface area contributed by atoms with Crippen LogP contribution in [0.15, 0.2) is 0 Å². The summed E-state index contributed by atoms with van der Waals surface area (Å²) in [5, 5.41) is 3.16. The summed E-state index contributed by atoms with van der Waals surface area (Å²) in [5.41, 5.74) is 0. The fourth-order valence-corrected chi connectivity index (χ4v) is 0.558. The zero-order valence-corrected chi connectivity index (χ0v) is 6.49. The highest BCUT2D eigenvalue weighted by atomic mass is 14.8. The lowest BCUT2D eigenvalue weighted by Gasteiger charge is -2.05. The predicted molar refractivity (Wildman–Crippen MR) is 41.2 cm³/mol. The first-order chi connectivity index (χ1) is 4.31. The van der Waals surface area contributed by atoms with Crippen LogP contribution in [0.25, 0.3) is 0 Å². The van der Waals surface area contributed by atoms with Crippen molar-refractivity contribution in [3.8, 4) is 11.8 Å². The van der Waals surface area contributed by atoms with Crippen molar-refractivity contribution in [3.63, 3.8) is 0 Å². The van der Waals surface area contributed by atoms with Crippen LogP contribution in [0.4, 0.5) is 0 Å². The van der Waals surface area contributed by atoms with Gasteiger partial charge in [0.1, 0.15) is 0 Å². The van der Waals surface area contributed by atoms with Gasteiger partial charge < -0.3 is 5.32 Å². The molecule has 0 saturated carbocycles. The van der Waals surface area contributed by atoms with Gasteiger partial charge in [0.2, 0.25) is 0 Å². The van der Waals surface area contributed by atoms with Crippen LogP contribution in [0.5, 0.6) is 0 Å². The average Bonchev–Trinajstić information content (AvgIpc) is 1.89. The standard InChI is InChI=1S/C8H15N/c1-4-5-6-7-8(2)9-3/h8-9H,6-7H2,1-3H3. The van der Waals surface area contributed by atoms with Gasteiger partial charge in [-0.15, -0.1) is 11.8 Å². The van der Waals surface area contributed by atoms with Crippen LogP contribution >= 0.6 is 0 Å². The monoisotopic (exact) mass is 125 g/mol. The lowest BCUT2D eigenvalue weighted by Crippen LogP contribution is -2.20. The Bertz CT molecular complexity index is 107. The first-order valence-corrected chi connectivity index (χ1v) is 3.38. The molecular formula is C8H15N. The van der Waals surface area contributed by atoms with Crippen molar-refractivity contribution in [3.05, 3.63) is 0 Å². The summed E-state index contributed by atoms with van der Waals surface area (Å²) < 4.78 is 0. The lowest BCUT2D eigenvalue weighted by molar-refractivity contribution is 0.574. The number of nitrogens with one attached hydrogen (secondary N) is 1. The second kappa shape index (κ2) is 5.65. The van der Waals surface area contributed by atoms with E-state index in [1.54, 1.807) is 0 Å². The Balaban J connectivity index is 3.13. The molecule has 1 heteroatoms. The molecule has 1 N–H and O–H groups in total. The molecule has 9 heavy (non-hydrogen) atoms. The SMILES string of the molecule is CC#CCCC(C)NC. The quantitative estimate of drug-likeness (QED) is 0.562. The molecule has 0 bridgehead atoms. The molecule has 0 radical (unpaired) electrons. The van der Waals surface area contributed by atoms with Gasteiger partial charge in [0.25, 0.3) is 0 Å². The second-order valence-electron chi connectivity index (χ2n) is 2.16. The van der Waals surface area contributed by atoms with Gasteiger partial charge in [-0.25, -0.2) is 0 Å². The van der Waals surface area contributed by atoms with Crippen LogP contribution in [0, 0.1) is 11.8 Å². The normalized spacial score (nSPS) is 11.9. The van der Waals surface area contributed by atoms with E-state index in [-0.39, 0.29) is 0 Å². The summed E-state index contributed by atoms with van der Waals surface area (Å²) in [4.78, 5) is 0. The Morgan fingerprint density at radius 2 is 2.22 bits per heavy atom. The van der Waals surface area contributed by atoms with Crippen LogP contribution in [-0.2, 0) is 0 Å². The third-order valence-electron chi connectivity index (χ3n) is 1.37. The molecule has 0 aliphatic rings. The average molecular weight is 125 g/mol. The first kappa shape index (κ1) is 8.52.